The molecule has 0 radical (unpaired) electrons. The molecular weight excluding hydrogens is 335 g/mol. The lowest BCUT2D eigenvalue weighted by molar-refractivity contribution is -0.192. The van der Waals surface area contributed by atoms with Crippen LogP contribution in [0.4, 0.5) is 13.2 Å². The fourth-order valence-corrected chi connectivity index (χ4v) is 3.47. The number of aliphatic carboxylic acids is 1. The van der Waals surface area contributed by atoms with Gasteiger partial charge in [0.1, 0.15) is 0 Å². The lowest BCUT2D eigenvalue weighted by atomic mass is 9.96. The molecule has 2 N–H and O–H groups in total. The number of hydrogen-bond donors (Lipinski definition) is 2. The minimum absolute atomic E-state index is 0.488. The molecule has 8 heteroatoms. The van der Waals surface area contributed by atoms with Gasteiger partial charge in [0, 0.05) is 24.2 Å². The Morgan fingerprint density at radius 1 is 1.28 bits per heavy atom. The first-order valence-electron chi connectivity index (χ1n) is 7.94. The molecule has 0 saturated carbocycles. The smallest absolute Gasteiger partial charge is 0.475 e. The van der Waals surface area contributed by atoms with E-state index >= 15 is 0 Å². The maximum Gasteiger partial charge on any atom is 0.490 e. The second-order valence-electron chi connectivity index (χ2n) is 6.20. The van der Waals surface area contributed by atoms with E-state index in [4.69, 9.17) is 15.0 Å². The second-order valence-corrected chi connectivity index (χ2v) is 6.20. The van der Waals surface area contributed by atoms with Gasteiger partial charge in [-0.25, -0.2) is 4.79 Å². The van der Waals surface area contributed by atoms with Crippen LogP contribution < -0.4 is 5.32 Å². The number of carboxylic acids is 1. The van der Waals surface area contributed by atoms with Gasteiger partial charge in [0.25, 0.3) is 0 Å². The number of carboxylic acid groups (broad SMARTS) is 1. The molecule has 0 aliphatic carbocycles. The second kappa shape index (κ2) is 6.51. The van der Waals surface area contributed by atoms with Crippen LogP contribution in [0.5, 0.6) is 0 Å². The van der Waals surface area contributed by atoms with Gasteiger partial charge < -0.3 is 10.4 Å². The topological polar surface area (TPSA) is 67.2 Å². The highest BCUT2D eigenvalue weighted by molar-refractivity contribution is 5.73. The van der Waals surface area contributed by atoms with E-state index in [0.29, 0.717) is 12.1 Å². The summed E-state index contributed by atoms with van der Waals surface area (Å²) in [5, 5.41) is 15.5. The Labute approximate surface area is 142 Å². The maximum absolute atomic E-state index is 10.6. The van der Waals surface area contributed by atoms with Crippen molar-refractivity contribution in [3.05, 3.63) is 41.6 Å². The van der Waals surface area contributed by atoms with E-state index in [2.05, 4.69) is 47.4 Å². The van der Waals surface area contributed by atoms with Crippen molar-refractivity contribution in [2.24, 2.45) is 7.05 Å². The van der Waals surface area contributed by atoms with Crippen molar-refractivity contribution in [1.29, 1.82) is 0 Å². The van der Waals surface area contributed by atoms with Crippen LogP contribution in [-0.4, -0.2) is 33.1 Å². The van der Waals surface area contributed by atoms with Gasteiger partial charge in [0.15, 0.2) is 0 Å². The van der Waals surface area contributed by atoms with Crippen LogP contribution in [0.25, 0.3) is 11.3 Å². The van der Waals surface area contributed by atoms with Crippen molar-refractivity contribution in [2.75, 3.05) is 0 Å². The highest BCUT2D eigenvalue weighted by Crippen LogP contribution is 2.39. The number of aromatic nitrogens is 2. The molecular formula is C17H18F3N3O2. The molecule has 4 rings (SSSR count). The minimum Gasteiger partial charge on any atom is -0.475 e. The fourth-order valence-electron chi connectivity index (χ4n) is 3.47. The normalized spacial score (nSPS) is 21.3. The molecule has 0 spiro atoms. The van der Waals surface area contributed by atoms with Gasteiger partial charge in [-0.15, -0.1) is 0 Å². The number of rotatable bonds is 1. The van der Waals surface area contributed by atoms with Crippen LogP contribution >= 0.6 is 0 Å². The minimum atomic E-state index is -5.08. The molecule has 1 saturated heterocycles. The van der Waals surface area contributed by atoms with Gasteiger partial charge in [0.2, 0.25) is 0 Å². The van der Waals surface area contributed by atoms with E-state index in [-0.39, 0.29) is 0 Å². The molecule has 2 aliphatic rings. The first-order valence-corrected chi connectivity index (χ1v) is 7.94. The van der Waals surface area contributed by atoms with E-state index in [1.807, 2.05) is 0 Å². The maximum atomic E-state index is 10.6. The third kappa shape index (κ3) is 3.53. The van der Waals surface area contributed by atoms with Crippen molar-refractivity contribution in [3.8, 4) is 11.3 Å². The molecule has 0 amide bonds. The van der Waals surface area contributed by atoms with Gasteiger partial charge in [-0.3, -0.25) is 4.68 Å². The zero-order chi connectivity index (χ0) is 18.2. The average Bonchev–Trinajstić information content (AvgIpc) is 3.10. The first-order chi connectivity index (χ1) is 11.8. The van der Waals surface area contributed by atoms with Crippen molar-refractivity contribution < 1.29 is 23.1 Å². The van der Waals surface area contributed by atoms with Crippen molar-refractivity contribution in [1.82, 2.24) is 15.1 Å². The zero-order valence-electron chi connectivity index (χ0n) is 13.5. The number of benzene rings is 1. The van der Waals surface area contributed by atoms with Crippen LogP contribution in [0.15, 0.2) is 30.3 Å². The molecule has 3 heterocycles. The summed E-state index contributed by atoms with van der Waals surface area (Å²) in [5.74, 6) is -2.76. The molecule has 5 nitrogen and oxygen atoms in total. The van der Waals surface area contributed by atoms with Gasteiger partial charge in [-0.05, 0) is 19.3 Å². The molecule has 1 aromatic carbocycles. The molecule has 0 unspecified atom stereocenters. The summed E-state index contributed by atoms with van der Waals surface area (Å²) in [6.45, 7) is 0. The Bertz CT molecular complexity index is 771. The van der Waals surface area contributed by atoms with Crippen LogP contribution in [-0.2, 0) is 18.3 Å². The van der Waals surface area contributed by atoms with E-state index in [1.165, 1.54) is 35.4 Å². The molecule has 134 valence electrons. The SMILES string of the molecule is Cn1nc2c(c1-c1ccccc1)C[C@H]1CC[C@@H]2N1.O=C(O)C(F)(F)F. The number of nitrogens with one attached hydrogen (secondary N) is 1. The lowest BCUT2D eigenvalue weighted by Crippen LogP contribution is -2.31. The van der Waals surface area contributed by atoms with Crippen LogP contribution in [0.2, 0.25) is 0 Å². The average molecular weight is 353 g/mol. The molecule has 2 aliphatic heterocycles. The Kier molecular flexibility index (Phi) is 4.55. The molecule has 1 fully saturated rings. The third-order valence-corrected chi connectivity index (χ3v) is 4.49. The summed E-state index contributed by atoms with van der Waals surface area (Å²) in [4.78, 5) is 8.90. The number of fused-ring (bicyclic) bond motifs is 4. The van der Waals surface area contributed by atoms with Crippen LogP contribution in [0, 0.1) is 0 Å². The molecule has 2 atom stereocenters. The van der Waals surface area contributed by atoms with Crippen LogP contribution in [0.1, 0.15) is 30.1 Å². The van der Waals surface area contributed by atoms with Crippen molar-refractivity contribution >= 4 is 5.97 Å². The Hall–Kier alpha value is -2.35. The van der Waals surface area contributed by atoms with E-state index in [9.17, 15) is 13.2 Å². The summed E-state index contributed by atoms with van der Waals surface area (Å²) in [6.07, 6.45) is -1.42. The number of hydrogen-bond acceptors (Lipinski definition) is 3. The van der Waals surface area contributed by atoms with E-state index < -0.39 is 12.1 Å². The van der Waals surface area contributed by atoms with Gasteiger partial charge in [-0.1, -0.05) is 30.3 Å². The lowest BCUT2D eigenvalue weighted by Gasteiger charge is -2.20. The standard InChI is InChI=1S/C15H17N3.C2HF3O2/c1-18-15(10-5-3-2-4-6-10)12-9-11-7-8-13(16-11)14(12)17-18;3-2(4,5)1(6)7/h2-6,11,13,16H,7-9H2,1H3;(H,6,7)/t11-,13+;/m1./s1. The predicted octanol–water partition coefficient (Wildman–Crippen LogP) is 3.07. The summed E-state index contributed by atoms with van der Waals surface area (Å²) < 4.78 is 33.8. The monoisotopic (exact) mass is 353 g/mol. The Balaban J connectivity index is 0.000000225. The largest absolute Gasteiger partial charge is 0.490 e. The number of alkyl halides is 3. The quantitative estimate of drug-likeness (QED) is 0.827. The molecule has 25 heavy (non-hydrogen) atoms. The molecule has 2 aromatic rings. The van der Waals surface area contributed by atoms with Gasteiger partial charge in [0.05, 0.1) is 17.4 Å². The molecule has 1 aromatic heterocycles. The summed E-state index contributed by atoms with van der Waals surface area (Å²) in [5.41, 5.74) is 5.35. The summed E-state index contributed by atoms with van der Waals surface area (Å²) >= 11 is 0. The molecule has 2 bridgehead atoms. The fraction of sp³-hybridized carbons (Fsp3) is 0.412. The van der Waals surface area contributed by atoms with Gasteiger partial charge >= 0.3 is 12.1 Å². The number of carbonyl (C=O) groups is 1. The Morgan fingerprint density at radius 2 is 1.92 bits per heavy atom. The zero-order valence-corrected chi connectivity index (χ0v) is 13.5. The number of nitrogens with zero attached hydrogens (tertiary/aromatic N) is 2. The Morgan fingerprint density at radius 3 is 2.52 bits per heavy atom. The highest BCUT2D eigenvalue weighted by Gasteiger charge is 2.38. The number of halogens is 3. The van der Waals surface area contributed by atoms with Crippen molar-refractivity contribution in [3.63, 3.8) is 0 Å². The van der Waals surface area contributed by atoms with Gasteiger partial charge in [-0.2, -0.15) is 18.3 Å². The predicted molar refractivity (Wildman–Crippen MR) is 84.9 cm³/mol. The summed E-state index contributed by atoms with van der Waals surface area (Å²) in [6, 6.07) is 11.8. The number of aryl methyl sites for hydroxylation is 1. The highest BCUT2D eigenvalue weighted by atomic mass is 19.4. The van der Waals surface area contributed by atoms with E-state index in [1.54, 1.807) is 0 Å². The summed E-state index contributed by atoms with van der Waals surface area (Å²) in [7, 11) is 2.06. The van der Waals surface area contributed by atoms with Crippen LogP contribution in [0.3, 0.4) is 0 Å². The first kappa shape index (κ1) is 17.5. The third-order valence-electron chi connectivity index (χ3n) is 4.49. The van der Waals surface area contributed by atoms with E-state index in [0.717, 1.165) is 6.42 Å². The van der Waals surface area contributed by atoms with Crippen molar-refractivity contribution in [2.45, 2.75) is 37.5 Å².